The molecule has 0 fully saturated rings. The third-order valence-electron chi connectivity index (χ3n) is 3.89. The van der Waals surface area contributed by atoms with E-state index >= 15 is 0 Å². The Morgan fingerprint density at radius 3 is 2.21 bits per heavy atom. The average Bonchev–Trinajstić information content (AvgIpc) is 2.94. The number of aryl methyl sites for hydroxylation is 1. The van der Waals surface area contributed by atoms with Gasteiger partial charge >= 0.3 is 17.1 Å². The molecule has 0 unspecified atom stereocenters. The molecule has 0 saturated carbocycles. The van der Waals surface area contributed by atoms with Crippen LogP contribution in [0, 0.1) is 13.8 Å². The normalized spacial score (nSPS) is 13.4. The summed E-state index contributed by atoms with van der Waals surface area (Å²) in [5.74, 6) is 0. The van der Waals surface area contributed by atoms with E-state index in [-0.39, 0.29) is 17.1 Å². The van der Waals surface area contributed by atoms with E-state index in [0.29, 0.717) is 28.4 Å². The molecule has 11 heteroatoms. The van der Waals surface area contributed by atoms with E-state index in [1.807, 2.05) is 6.92 Å². The summed E-state index contributed by atoms with van der Waals surface area (Å²) in [6.45, 7) is 7.54. The van der Waals surface area contributed by atoms with Gasteiger partial charge in [0.05, 0.1) is 5.71 Å². The molecule has 0 aromatic carbocycles. The molecule has 0 amide bonds. The third kappa shape index (κ3) is 7.84. The summed E-state index contributed by atoms with van der Waals surface area (Å²) in [5, 5.41) is 9.31. The van der Waals surface area contributed by atoms with Crippen LogP contribution in [-0.4, -0.2) is 54.1 Å². The van der Waals surface area contributed by atoms with Gasteiger partial charge in [-0.1, -0.05) is 0 Å². The SMILES string of the molecule is CN=C([S-])N/N=C(C)/C(=N/NC([S-])=NC)c1cc(C)n(CCCOC)c1C.[Cu+2]. The van der Waals surface area contributed by atoms with Crippen molar-refractivity contribution in [2.24, 2.45) is 20.2 Å². The molecule has 28 heavy (non-hydrogen) atoms. The van der Waals surface area contributed by atoms with Crippen LogP contribution >= 0.6 is 0 Å². The number of nitrogens with one attached hydrogen (secondary N) is 2. The molecule has 1 aromatic heterocycles. The van der Waals surface area contributed by atoms with Gasteiger partial charge in [-0.2, -0.15) is 10.2 Å². The Labute approximate surface area is 188 Å². The summed E-state index contributed by atoms with van der Waals surface area (Å²) in [6.07, 6.45) is 0.927. The van der Waals surface area contributed by atoms with Crippen LogP contribution in [0.2, 0.25) is 0 Å². The maximum Gasteiger partial charge on any atom is 2.00 e. The number of hydrogen-bond donors (Lipinski definition) is 2. The van der Waals surface area contributed by atoms with E-state index in [1.54, 1.807) is 21.2 Å². The van der Waals surface area contributed by atoms with Crippen LogP contribution in [0.4, 0.5) is 0 Å². The second kappa shape index (κ2) is 13.6. The molecule has 0 bridgehead atoms. The van der Waals surface area contributed by atoms with Crippen LogP contribution in [0.3, 0.4) is 0 Å². The molecular weight excluding hydrogens is 446 g/mol. The Hall–Kier alpha value is -1.52. The number of ether oxygens (including phenoxy) is 1. The summed E-state index contributed by atoms with van der Waals surface area (Å²) in [6, 6.07) is 2.08. The standard InChI is InChI=1S/C17H29N7OS2.Cu/c1-11-10-14(13(3)24(11)8-7-9-25-6)15(21-23-17(27)19-5)12(2)20-22-16(26)18-4;/h10H,7-9H2,1-6H3,(H2,18,22,26)(H2,19,23,27);/q;+2/p-2/b20-12+,21-15-;. The van der Waals surface area contributed by atoms with Gasteiger partial charge in [0, 0.05) is 51.3 Å². The number of amidine groups is 2. The van der Waals surface area contributed by atoms with Gasteiger partial charge in [0.15, 0.2) is 0 Å². The van der Waals surface area contributed by atoms with Gasteiger partial charge < -0.3 is 34.6 Å². The largest absolute Gasteiger partial charge is 2.00 e. The maximum atomic E-state index is 5.16. The number of methoxy groups -OCH3 is 1. The van der Waals surface area contributed by atoms with Gasteiger partial charge in [0.2, 0.25) is 0 Å². The minimum absolute atomic E-state index is 0. The Balaban J connectivity index is 0.00000729. The Bertz CT molecular complexity index is 757. The number of rotatable bonds is 8. The van der Waals surface area contributed by atoms with Gasteiger partial charge in [-0.15, -0.1) is 0 Å². The van der Waals surface area contributed by atoms with E-state index in [2.05, 4.69) is 55.5 Å². The van der Waals surface area contributed by atoms with Crippen molar-refractivity contribution in [2.45, 2.75) is 33.7 Å². The minimum atomic E-state index is 0. The second-order valence-electron chi connectivity index (χ2n) is 5.72. The zero-order valence-corrected chi connectivity index (χ0v) is 19.5. The quantitative estimate of drug-likeness (QED) is 0.149. The van der Waals surface area contributed by atoms with Crippen molar-refractivity contribution in [3.8, 4) is 0 Å². The summed E-state index contributed by atoms with van der Waals surface area (Å²) in [5.41, 5.74) is 9.98. The van der Waals surface area contributed by atoms with Crippen molar-refractivity contribution < 1.29 is 21.8 Å². The molecule has 0 aliphatic carbocycles. The number of hydrogen-bond acceptors (Lipinski definition) is 7. The molecule has 8 nitrogen and oxygen atoms in total. The van der Waals surface area contributed by atoms with Crippen LogP contribution < -0.4 is 10.9 Å². The molecule has 2 N–H and O–H groups in total. The molecule has 0 atom stereocenters. The number of hydrazone groups is 2. The summed E-state index contributed by atoms with van der Waals surface area (Å²) >= 11 is 10.1. The zero-order valence-electron chi connectivity index (χ0n) is 17.0. The first-order chi connectivity index (χ1) is 12.8. The predicted molar refractivity (Wildman–Crippen MR) is 118 cm³/mol. The van der Waals surface area contributed by atoms with Gasteiger partial charge in [-0.25, -0.2) is 0 Å². The van der Waals surface area contributed by atoms with Crippen molar-refractivity contribution in [3.63, 3.8) is 0 Å². The van der Waals surface area contributed by atoms with Crippen LogP contribution in [0.15, 0.2) is 26.3 Å². The first-order valence-electron chi connectivity index (χ1n) is 8.43. The predicted octanol–water partition coefficient (Wildman–Crippen LogP) is 1.46. The van der Waals surface area contributed by atoms with Crippen molar-refractivity contribution in [1.29, 1.82) is 0 Å². The van der Waals surface area contributed by atoms with Crippen molar-refractivity contribution in [3.05, 3.63) is 23.0 Å². The smallest absolute Gasteiger partial charge is 0.741 e. The average molecular weight is 473 g/mol. The van der Waals surface area contributed by atoms with Gasteiger partial charge in [0.1, 0.15) is 5.71 Å². The first kappa shape index (κ1) is 26.5. The number of nitrogens with zero attached hydrogens (tertiary/aromatic N) is 5. The van der Waals surface area contributed by atoms with E-state index in [0.717, 1.165) is 29.9 Å². The Morgan fingerprint density at radius 1 is 1.11 bits per heavy atom. The number of aromatic nitrogens is 1. The van der Waals surface area contributed by atoms with Crippen LogP contribution in [0.5, 0.6) is 0 Å². The Kier molecular flexibility index (Phi) is 12.9. The molecule has 0 aliphatic rings. The number of aliphatic imine (C=N–C) groups is 2. The second-order valence-corrected chi connectivity index (χ2v) is 6.49. The van der Waals surface area contributed by atoms with Crippen molar-refractivity contribution in [1.82, 2.24) is 15.4 Å². The fraction of sp³-hybridized carbons (Fsp3) is 0.529. The summed E-state index contributed by atoms with van der Waals surface area (Å²) in [4.78, 5) is 7.76. The molecular formula is C17H27CuN7OS2. The van der Waals surface area contributed by atoms with E-state index in [4.69, 9.17) is 30.0 Å². The van der Waals surface area contributed by atoms with Gasteiger partial charge in [-0.05, 0) is 43.6 Å². The van der Waals surface area contributed by atoms with Gasteiger partial charge in [0.25, 0.3) is 0 Å². The van der Waals surface area contributed by atoms with Crippen LogP contribution in [-0.2, 0) is 53.6 Å². The van der Waals surface area contributed by atoms with Gasteiger partial charge in [-0.3, -0.25) is 20.8 Å². The molecule has 1 heterocycles. The molecule has 1 aromatic rings. The van der Waals surface area contributed by atoms with E-state index < -0.39 is 0 Å². The van der Waals surface area contributed by atoms with Crippen molar-refractivity contribution in [2.75, 3.05) is 27.8 Å². The molecule has 1 rings (SSSR count). The zero-order chi connectivity index (χ0) is 20.4. The Morgan fingerprint density at radius 2 is 1.68 bits per heavy atom. The van der Waals surface area contributed by atoms with E-state index in [9.17, 15) is 0 Å². The third-order valence-corrected chi connectivity index (χ3v) is 4.44. The molecule has 0 saturated heterocycles. The summed E-state index contributed by atoms with van der Waals surface area (Å²) in [7, 11) is 4.92. The van der Waals surface area contributed by atoms with E-state index in [1.165, 1.54) is 0 Å². The van der Waals surface area contributed by atoms with Crippen LogP contribution in [0.1, 0.15) is 30.3 Å². The molecule has 1 radical (unpaired) electrons. The first-order valence-corrected chi connectivity index (χ1v) is 9.25. The monoisotopic (exact) mass is 472 g/mol. The molecule has 159 valence electrons. The van der Waals surface area contributed by atoms with Crippen LogP contribution in [0.25, 0.3) is 0 Å². The topological polar surface area (TPSA) is 87.7 Å². The minimum Gasteiger partial charge on any atom is -0.741 e. The maximum absolute atomic E-state index is 5.16. The molecule has 0 spiro atoms. The fourth-order valence-corrected chi connectivity index (χ4v) is 2.57. The summed E-state index contributed by atoms with van der Waals surface area (Å²) < 4.78 is 7.39. The fourth-order valence-electron chi connectivity index (χ4n) is 2.48. The van der Waals surface area contributed by atoms with Crippen molar-refractivity contribution >= 4 is 47.0 Å². The molecule has 0 aliphatic heterocycles.